The summed E-state index contributed by atoms with van der Waals surface area (Å²) in [5.41, 5.74) is 7.61. The number of Topliss-reactive ketones (excluding diaryl/α,β-unsaturated/α-hetero) is 1. The van der Waals surface area contributed by atoms with E-state index >= 15 is 0 Å². The summed E-state index contributed by atoms with van der Waals surface area (Å²) >= 11 is 0. The molecule has 0 saturated carbocycles. The normalized spacial score (nSPS) is 14.9. The fraction of sp³-hybridized carbons (Fsp3) is 0.167. The Hall–Kier alpha value is -2.99. The fourth-order valence-electron chi connectivity index (χ4n) is 2.40. The predicted molar refractivity (Wildman–Crippen MR) is 89.7 cm³/mol. The number of hydrogen-bond donors (Lipinski definition) is 3. The van der Waals surface area contributed by atoms with Crippen LogP contribution in [0.4, 0.5) is 5.69 Å². The summed E-state index contributed by atoms with van der Waals surface area (Å²) in [4.78, 5) is 33.2. The molecule has 0 fully saturated rings. The first-order valence-corrected chi connectivity index (χ1v) is 7.45. The number of carboxylic acids is 1. The van der Waals surface area contributed by atoms with E-state index in [9.17, 15) is 14.4 Å². The van der Waals surface area contributed by atoms with Gasteiger partial charge in [0.05, 0.1) is 0 Å². The molecule has 6 heteroatoms. The lowest BCUT2D eigenvalue weighted by Crippen LogP contribution is -2.27. The van der Waals surface area contributed by atoms with Gasteiger partial charge >= 0.3 is 5.97 Å². The highest BCUT2D eigenvalue weighted by molar-refractivity contribution is 6.41. The van der Waals surface area contributed by atoms with Crippen LogP contribution in [-0.2, 0) is 20.8 Å². The summed E-state index contributed by atoms with van der Waals surface area (Å²) in [5, 5.41) is 11.0. The smallest absolute Gasteiger partial charge is 0.373 e. The van der Waals surface area contributed by atoms with E-state index < -0.39 is 23.6 Å². The molecule has 2 aromatic carbocycles. The number of nitrogens with two attached hydrogens (primary N) is 1. The van der Waals surface area contributed by atoms with Gasteiger partial charge in [0, 0.05) is 5.69 Å². The van der Waals surface area contributed by atoms with Gasteiger partial charge in [-0.25, -0.2) is 4.79 Å². The van der Waals surface area contributed by atoms with Gasteiger partial charge in [-0.15, -0.1) is 0 Å². The van der Waals surface area contributed by atoms with Crippen LogP contribution in [0.5, 0.6) is 0 Å². The van der Waals surface area contributed by atoms with Crippen LogP contribution in [0.1, 0.15) is 17.0 Å². The number of benzene rings is 2. The van der Waals surface area contributed by atoms with Gasteiger partial charge in [0.1, 0.15) is 5.92 Å². The van der Waals surface area contributed by atoms with Crippen LogP contribution >= 0.6 is 0 Å². The average molecular weight is 326 g/mol. The summed E-state index contributed by atoms with van der Waals surface area (Å²) in [6.07, 6.45) is 0.987. The van der Waals surface area contributed by atoms with E-state index in [1.807, 2.05) is 18.2 Å². The van der Waals surface area contributed by atoms with Crippen molar-refractivity contribution < 1.29 is 19.5 Å². The molecule has 6 nitrogen and oxygen atoms in total. The van der Waals surface area contributed by atoms with E-state index in [0.29, 0.717) is 11.3 Å². The molecule has 0 radical (unpaired) electrons. The van der Waals surface area contributed by atoms with Gasteiger partial charge in [-0.3, -0.25) is 9.59 Å². The van der Waals surface area contributed by atoms with Crippen molar-refractivity contribution in [1.29, 1.82) is 0 Å². The number of aliphatic carboxylic acids is 1. The zero-order valence-corrected chi connectivity index (χ0v) is 12.9. The van der Waals surface area contributed by atoms with Crippen molar-refractivity contribution in [2.75, 3.05) is 11.9 Å². The van der Waals surface area contributed by atoms with Crippen LogP contribution < -0.4 is 11.1 Å². The summed E-state index contributed by atoms with van der Waals surface area (Å²) in [6.45, 7) is 0.740. The minimum absolute atomic E-state index is 0.426. The largest absolute Gasteiger partial charge is 0.475 e. The average Bonchev–Trinajstić information content (AvgIpc) is 2.91. The number of para-hydroxylation sites is 1. The van der Waals surface area contributed by atoms with Crippen molar-refractivity contribution in [3.8, 4) is 0 Å². The zero-order valence-electron chi connectivity index (χ0n) is 12.9. The zero-order chi connectivity index (χ0) is 17.5. The molecule has 1 unspecified atom stereocenters. The maximum atomic E-state index is 11.4. The van der Waals surface area contributed by atoms with E-state index in [4.69, 9.17) is 10.8 Å². The van der Waals surface area contributed by atoms with E-state index in [0.717, 1.165) is 13.0 Å². The third kappa shape index (κ3) is 4.05. The molecule has 0 aliphatic carbocycles. The van der Waals surface area contributed by atoms with E-state index in [1.54, 1.807) is 24.3 Å². The molecule has 4 N–H and O–H groups in total. The van der Waals surface area contributed by atoms with Crippen LogP contribution in [0.3, 0.4) is 0 Å². The lowest BCUT2D eigenvalue weighted by molar-refractivity contribution is -0.150. The number of amides is 1. The Morgan fingerprint density at radius 2 is 1.67 bits per heavy atom. The molecular formula is C18H18N2O4. The van der Waals surface area contributed by atoms with Gasteiger partial charge in [-0.2, -0.15) is 0 Å². The second kappa shape index (κ2) is 8.03. The van der Waals surface area contributed by atoms with Crippen LogP contribution in [-0.4, -0.2) is 29.3 Å². The second-order valence-electron chi connectivity index (χ2n) is 5.20. The maximum Gasteiger partial charge on any atom is 0.373 e. The van der Waals surface area contributed by atoms with Crippen molar-refractivity contribution in [2.45, 2.75) is 12.3 Å². The molecule has 1 amide bonds. The molecule has 1 aliphatic rings. The first-order valence-electron chi connectivity index (χ1n) is 7.45. The number of carboxylic acid groups (broad SMARTS) is 1. The number of nitrogens with one attached hydrogen (secondary N) is 1. The summed E-state index contributed by atoms with van der Waals surface area (Å²) in [7, 11) is 0. The number of anilines is 1. The quantitative estimate of drug-likeness (QED) is 0.583. The van der Waals surface area contributed by atoms with Crippen molar-refractivity contribution >= 4 is 23.3 Å². The number of fused-ring (bicyclic) bond motifs is 1. The van der Waals surface area contributed by atoms with Gasteiger partial charge < -0.3 is 16.2 Å². The highest BCUT2D eigenvalue weighted by Crippen LogP contribution is 2.32. The molecule has 0 spiro atoms. The highest BCUT2D eigenvalue weighted by Gasteiger charge is 2.39. The van der Waals surface area contributed by atoms with Crippen molar-refractivity contribution in [3.63, 3.8) is 0 Å². The number of carbonyl (C=O) groups is 3. The van der Waals surface area contributed by atoms with Crippen LogP contribution in [0.25, 0.3) is 0 Å². The number of rotatable bonds is 4. The predicted octanol–water partition coefficient (Wildman–Crippen LogP) is 1.56. The third-order valence-electron chi connectivity index (χ3n) is 3.54. The van der Waals surface area contributed by atoms with Crippen LogP contribution in [0.2, 0.25) is 0 Å². The van der Waals surface area contributed by atoms with Crippen LogP contribution in [0.15, 0.2) is 54.6 Å². The van der Waals surface area contributed by atoms with Crippen LogP contribution in [0, 0.1) is 0 Å². The monoisotopic (exact) mass is 326 g/mol. The number of carbonyl (C=O) groups excluding carboxylic acids is 2. The molecule has 1 heterocycles. The molecule has 0 saturated heterocycles. The lowest BCUT2D eigenvalue weighted by atomic mass is 9.96. The van der Waals surface area contributed by atoms with Gasteiger partial charge in [0.2, 0.25) is 5.91 Å². The third-order valence-corrected chi connectivity index (χ3v) is 3.54. The Morgan fingerprint density at radius 3 is 2.29 bits per heavy atom. The molecule has 1 aliphatic heterocycles. The van der Waals surface area contributed by atoms with E-state index in [-0.39, 0.29) is 0 Å². The summed E-state index contributed by atoms with van der Waals surface area (Å²) < 4.78 is 0. The van der Waals surface area contributed by atoms with Gasteiger partial charge in [0.25, 0.3) is 5.78 Å². The Balaban J connectivity index is 0.000000198. The minimum atomic E-state index is -1.59. The van der Waals surface area contributed by atoms with E-state index in [1.165, 1.54) is 5.56 Å². The molecule has 124 valence electrons. The summed E-state index contributed by atoms with van der Waals surface area (Å²) in [5.74, 6) is -4.48. The SMILES string of the molecule is NCCc1ccccc1.O=C(O)C(=O)C1C(=O)Nc2ccccc21. The standard InChI is InChI=1S/C10H7NO4.C8H11N/c12-8(10(14)15)7-5-3-1-2-4-6(5)11-9(7)13;9-7-6-8-4-2-1-3-5-8/h1-4,7H,(H,11,13)(H,14,15);1-5H,6-7,9H2. The van der Waals surface area contributed by atoms with Gasteiger partial charge in [-0.05, 0) is 30.2 Å². The highest BCUT2D eigenvalue weighted by atomic mass is 16.4. The Kier molecular flexibility index (Phi) is 5.81. The van der Waals surface area contributed by atoms with Crippen molar-refractivity contribution in [3.05, 3.63) is 65.7 Å². The molecule has 24 heavy (non-hydrogen) atoms. The minimum Gasteiger partial charge on any atom is -0.475 e. The Labute approximate surface area is 139 Å². The van der Waals surface area contributed by atoms with Crippen molar-refractivity contribution in [2.24, 2.45) is 5.73 Å². The van der Waals surface area contributed by atoms with E-state index in [2.05, 4.69) is 17.4 Å². The molecule has 3 rings (SSSR count). The fourth-order valence-corrected chi connectivity index (χ4v) is 2.40. The Bertz CT molecular complexity index is 744. The molecular weight excluding hydrogens is 308 g/mol. The number of ketones is 1. The molecule has 2 aromatic rings. The van der Waals surface area contributed by atoms with Gasteiger partial charge in [-0.1, -0.05) is 48.5 Å². The molecule has 1 atom stereocenters. The maximum absolute atomic E-state index is 11.4. The molecule has 0 bridgehead atoms. The summed E-state index contributed by atoms with van der Waals surface area (Å²) in [6, 6.07) is 16.8. The number of hydrogen-bond acceptors (Lipinski definition) is 4. The Morgan fingerprint density at radius 1 is 1.04 bits per heavy atom. The van der Waals surface area contributed by atoms with Crippen molar-refractivity contribution in [1.82, 2.24) is 0 Å². The van der Waals surface area contributed by atoms with Gasteiger partial charge in [0.15, 0.2) is 0 Å². The second-order valence-corrected chi connectivity index (χ2v) is 5.20. The topological polar surface area (TPSA) is 109 Å². The molecule has 0 aromatic heterocycles. The lowest BCUT2D eigenvalue weighted by Gasteiger charge is -2.02. The first kappa shape index (κ1) is 17.4. The first-order chi connectivity index (χ1) is 11.5.